The number of hydrogen-bond donors (Lipinski definition) is 2. The van der Waals surface area contributed by atoms with Crippen LogP contribution in [-0.4, -0.2) is 16.1 Å². The molecule has 1 aromatic rings. The van der Waals surface area contributed by atoms with Crippen LogP contribution in [0.1, 0.15) is 15.4 Å². The molecule has 0 radical (unpaired) electrons. The van der Waals surface area contributed by atoms with Gasteiger partial charge in [0, 0.05) is 0 Å². The highest BCUT2D eigenvalue weighted by molar-refractivity contribution is 7.74. The van der Waals surface area contributed by atoms with Crippen molar-refractivity contribution in [2.24, 2.45) is 6.26 Å². The van der Waals surface area contributed by atoms with Crippen LogP contribution in [0.2, 0.25) is 0 Å². The van der Waals surface area contributed by atoms with Crippen molar-refractivity contribution < 1.29 is 9.90 Å². The Labute approximate surface area is 71.7 Å². The van der Waals surface area contributed by atoms with E-state index in [1.54, 1.807) is 6.92 Å². The number of hydrogen-bond acceptors (Lipinski definition) is 2. The molecule has 0 spiro atoms. The zero-order valence-electron chi connectivity index (χ0n) is 6.17. The lowest BCUT2D eigenvalue weighted by Crippen LogP contribution is -1.95. The van der Waals surface area contributed by atoms with Gasteiger partial charge in [0.2, 0.25) is 4.88 Å². The van der Waals surface area contributed by atoms with Crippen molar-refractivity contribution in [2.45, 2.75) is 6.92 Å². The Balaban J connectivity index is 3.46. The molecule has 60 valence electrons. The number of aryl methyl sites for hydroxylation is 1. The minimum absolute atomic E-state index is 0.412. The molecule has 0 aliphatic carbocycles. The number of carbonyl (C=O) groups is 1. The SMILES string of the molecule is Cc1[nH]c(=S)[s+](C)c1C(=O)O. The van der Waals surface area contributed by atoms with Crippen molar-refractivity contribution in [1.82, 2.24) is 4.98 Å². The zero-order valence-corrected chi connectivity index (χ0v) is 7.80. The molecule has 0 aromatic carbocycles. The van der Waals surface area contributed by atoms with E-state index in [9.17, 15) is 4.79 Å². The van der Waals surface area contributed by atoms with Crippen molar-refractivity contribution >= 4 is 28.7 Å². The van der Waals surface area contributed by atoms with E-state index < -0.39 is 16.4 Å². The molecule has 0 bridgehead atoms. The minimum atomic E-state index is -0.874. The second-order valence-electron chi connectivity index (χ2n) is 2.18. The molecule has 0 saturated carbocycles. The first-order valence-corrected chi connectivity index (χ1v) is 4.99. The van der Waals surface area contributed by atoms with Crippen molar-refractivity contribution in [2.75, 3.05) is 0 Å². The Bertz CT molecular complexity index is 350. The Morgan fingerprint density at radius 3 is 2.45 bits per heavy atom. The zero-order chi connectivity index (χ0) is 8.59. The summed E-state index contributed by atoms with van der Waals surface area (Å²) in [7, 11) is -0.415. The summed E-state index contributed by atoms with van der Waals surface area (Å²) in [6.07, 6.45) is 1.81. The molecule has 1 heterocycles. The van der Waals surface area contributed by atoms with E-state index in [0.717, 1.165) is 0 Å². The molecule has 11 heavy (non-hydrogen) atoms. The maximum absolute atomic E-state index is 10.6. The van der Waals surface area contributed by atoms with Gasteiger partial charge in [-0.25, -0.2) is 4.79 Å². The van der Waals surface area contributed by atoms with Crippen LogP contribution >= 0.6 is 22.7 Å². The van der Waals surface area contributed by atoms with Gasteiger partial charge in [0.1, 0.15) is 0 Å². The summed E-state index contributed by atoms with van der Waals surface area (Å²) in [6, 6.07) is 0. The predicted molar refractivity (Wildman–Crippen MR) is 46.8 cm³/mol. The molecule has 3 nitrogen and oxygen atoms in total. The van der Waals surface area contributed by atoms with Crippen molar-refractivity contribution in [3.63, 3.8) is 0 Å². The Hall–Kier alpha value is -0.680. The molecule has 0 aliphatic rings. The van der Waals surface area contributed by atoms with Gasteiger partial charge in [-0.1, -0.05) is 0 Å². The van der Waals surface area contributed by atoms with E-state index >= 15 is 0 Å². The summed E-state index contributed by atoms with van der Waals surface area (Å²) in [6.45, 7) is 1.73. The van der Waals surface area contributed by atoms with Crippen LogP contribution in [0, 0.1) is 10.9 Å². The Kier molecular flexibility index (Phi) is 2.10. The van der Waals surface area contributed by atoms with Crippen LogP contribution in [0.5, 0.6) is 0 Å². The minimum Gasteiger partial charge on any atom is -0.476 e. The molecule has 2 N–H and O–H groups in total. The van der Waals surface area contributed by atoms with Gasteiger partial charge >= 0.3 is 9.92 Å². The maximum atomic E-state index is 10.6. The molecule has 1 aromatic heterocycles. The molecule has 1 atom stereocenters. The van der Waals surface area contributed by atoms with Gasteiger partial charge in [-0.2, -0.15) is 0 Å². The molecule has 1 rings (SSSR count). The first-order valence-electron chi connectivity index (χ1n) is 2.95. The highest BCUT2D eigenvalue weighted by atomic mass is 32.2. The predicted octanol–water partition coefficient (Wildman–Crippen LogP) is 2.04. The monoisotopic (exact) mass is 190 g/mol. The Morgan fingerprint density at radius 2 is 2.27 bits per heavy atom. The van der Waals surface area contributed by atoms with E-state index in [-0.39, 0.29) is 0 Å². The lowest BCUT2D eigenvalue weighted by atomic mass is 10.4. The van der Waals surface area contributed by atoms with Gasteiger partial charge in [-0.3, -0.25) is 0 Å². The summed E-state index contributed by atoms with van der Waals surface area (Å²) >= 11 is 4.91. The third-order valence-electron chi connectivity index (χ3n) is 1.41. The average molecular weight is 190 g/mol. The third-order valence-corrected chi connectivity index (χ3v) is 4.01. The smallest absolute Gasteiger partial charge is 0.367 e. The molecule has 1 unspecified atom stereocenters. The third kappa shape index (κ3) is 1.34. The summed E-state index contributed by atoms with van der Waals surface area (Å²) in [5.74, 6) is -0.874. The number of carboxylic acid groups (broad SMARTS) is 1. The molecule has 0 aliphatic heterocycles. The van der Waals surface area contributed by atoms with Crippen LogP contribution in [-0.2, 0) is 6.26 Å². The summed E-state index contributed by atoms with van der Waals surface area (Å²) in [5.41, 5.74) is 0.674. The van der Waals surface area contributed by atoms with Crippen molar-refractivity contribution in [3.8, 4) is 0 Å². The highest BCUT2D eigenvalue weighted by Crippen LogP contribution is 2.24. The standard InChI is InChI=1S/C6H7NO2S2/c1-3-4(5(8)9)11(2)6(10)7-3/h1-2H3,(H-,7,8,9,10)/p+1. The number of thiazole rings is 1. The molecule has 0 saturated heterocycles. The van der Waals surface area contributed by atoms with Crippen LogP contribution in [0.25, 0.3) is 0 Å². The van der Waals surface area contributed by atoms with Gasteiger partial charge in [0.05, 0.1) is 11.9 Å². The van der Waals surface area contributed by atoms with Crippen LogP contribution in [0.3, 0.4) is 0 Å². The fourth-order valence-electron chi connectivity index (χ4n) is 0.900. The first-order chi connectivity index (χ1) is 5.04. The van der Waals surface area contributed by atoms with E-state index in [4.69, 9.17) is 17.3 Å². The summed E-state index contributed by atoms with van der Waals surface area (Å²) < 4.78 is 0.625. The second-order valence-corrected chi connectivity index (χ2v) is 4.69. The quantitative estimate of drug-likeness (QED) is 0.526. The van der Waals surface area contributed by atoms with E-state index in [0.29, 0.717) is 14.5 Å². The number of H-pyrrole nitrogens is 1. The van der Waals surface area contributed by atoms with Crippen molar-refractivity contribution in [1.29, 1.82) is 0 Å². The Morgan fingerprint density at radius 1 is 1.73 bits per heavy atom. The number of aromatic carboxylic acids is 1. The van der Waals surface area contributed by atoms with Crippen molar-refractivity contribution in [3.05, 3.63) is 14.5 Å². The maximum Gasteiger partial charge on any atom is 0.367 e. The largest absolute Gasteiger partial charge is 0.476 e. The number of rotatable bonds is 1. The molecule has 0 amide bonds. The lowest BCUT2D eigenvalue weighted by Gasteiger charge is -1.86. The van der Waals surface area contributed by atoms with E-state index in [1.807, 2.05) is 6.26 Å². The normalized spacial score (nSPS) is 11.6. The van der Waals surface area contributed by atoms with Crippen LogP contribution < -0.4 is 0 Å². The fraction of sp³-hybridized carbons (Fsp3) is 0.333. The van der Waals surface area contributed by atoms with E-state index in [2.05, 4.69) is 4.98 Å². The van der Waals surface area contributed by atoms with Gasteiger partial charge in [0.15, 0.2) is 0 Å². The van der Waals surface area contributed by atoms with Gasteiger partial charge in [-0.05, 0) is 17.4 Å². The molecule has 5 heteroatoms. The molecular weight excluding hydrogens is 182 g/mol. The van der Waals surface area contributed by atoms with Crippen LogP contribution in [0.15, 0.2) is 0 Å². The van der Waals surface area contributed by atoms with Crippen LogP contribution in [0.4, 0.5) is 0 Å². The van der Waals surface area contributed by atoms with Gasteiger partial charge in [-0.15, -0.1) is 0 Å². The highest BCUT2D eigenvalue weighted by Gasteiger charge is 2.19. The topological polar surface area (TPSA) is 53.1 Å². The lowest BCUT2D eigenvalue weighted by molar-refractivity contribution is 0.0701. The number of aromatic amines is 1. The fourth-order valence-corrected chi connectivity index (χ4v) is 2.57. The second kappa shape index (κ2) is 2.75. The summed E-state index contributed by atoms with van der Waals surface area (Å²) in [5, 5.41) is 8.72. The van der Waals surface area contributed by atoms with Gasteiger partial charge in [0.25, 0.3) is 12.2 Å². The number of nitrogens with one attached hydrogen (secondary N) is 1. The number of aromatic nitrogens is 1. The molecule has 0 fully saturated rings. The summed E-state index contributed by atoms with van der Waals surface area (Å²) in [4.78, 5) is 13.9. The first kappa shape index (κ1) is 8.42. The average Bonchev–Trinajstić information content (AvgIpc) is 2.07. The van der Waals surface area contributed by atoms with Gasteiger partial charge < -0.3 is 10.1 Å². The van der Waals surface area contributed by atoms with E-state index in [1.165, 1.54) is 0 Å². The number of carboxylic acids is 1. The molecular formula is C6H8NO2S2+.